The molecule has 0 aliphatic carbocycles. The Morgan fingerprint density at radius 2 is 0.805 bits per heavy atom. The fraction of sp³-hybridized carbons (Fsp3) is 0.0833. The first kappa shape index (κ1) is 40.8. The molecule has 0 amide bonds. The lowest BCUT2D eigenvalue weighted by Gasteiger charge is -2.18. The molecule has 5 heteroatoms. The van der Waals surface area contributed by atoms with Gasteiger partial charge < -0.3 is 0 Å². The third kappa shape index (κ3) is 8.86. The van der Waals surface area contributed by atoms with Crippen LogP contribution in [0.2, 0.25) is 0 Å². The molecule has 5 heterocycles. The maximum absolute atomic E-state index is 7.83. The average molecular weight is 996 g/mol. The molecule has 77 heavy (non-hydrogen) atoms. The van der Waals surface area contributed by atoms with Crippen LogP contribution in [-0.4, -0.2) is 24.6 Å². The molecule has 0 saturated heterocycles. The van der Waals surface area contributed by atoms with Gasteiger partial charge in [0.25, 0.3) is 0 Å². The highest BCUT2D eigenvalue weighted by Gasteiger charge is 2.23. The number of aromatic nitrogens is 5. The van der Waals surface area contributed by atoms with Gasteiger partial charge in [0.2, 0.25) is 0 Å². The Hall–Kier alpha value is -9.58. The molecule has 8 aromatic carbocycles. The maximum Gasteiger partial charge on any atom is 0.0823 e. The van der Waals surface area contributed by atoms with E-state index in [0.717, 1.165) is 122 Å². The maximum atomic E-state index is 7.83. The van der Waals surface area contributed by atoms with Crippen LogP contribution in [0.3, 0.4) is 0 Å². The molecule has 13 rings (SSSR count). The van der Waals surface area contributed by atoms with E-state index in [0.29, 0.717) is 11.4 Å². The Morgan fingerprint density at radius 1 is 0.364 bits per heavy atom. The third-order valence-corrected chi connectivity index (χ3v) is 14.7. The summed E-state index contributed by atoms with van der Waals surface area (Å²) in [6, 6.07) is 77.4. The molecule has 13 aromatic rings. The van der Waals surface area contributed by atoms with Crippen molar-refractivity contribution in [2.45, 2.75) is 39.9 Å². The highest BCUT2D eigenvalue weighted by Crippen LogP contribution is 2.44. The molecule has 0 bridgehead atoms. The van der Waals surface area contributed by atoms with Crippen molar-refractivity contribution in [1.82, 2.24) is 24.6 Å². The van der Waals surface area contributed by atoms with Crippen molar-refractivity contribution >= 4 is 27.3 Å². The van der Waals surface area contributed by atoms with E-state index >= 15 is 0 Å². The zero-order valence-corrected chi connectivity index (χ0v) is 42.8. The van der Waals surface area contributed by atoms with Crippen LogP contribution in [-0.2, 0) is 5.41 Å². The Bertz CT molecular complexity index is 4420. The van der Waals surface area contributed by atoms with Crippen molar-refractivity contribution < 1.29 is 8.22 Å². The SMILES string of the molecule is [2H]C([2H])([2H])c1ccc(-c2ccc(-c3ccccc3-c3cc(-c4ccccc4-c4ccc(-c5ccc(C([2H])([2H])[2H])cn5)cc4)cc(-c4ccccc4-c4ccc5c6nccc(-c7ccccc7)c6c6cc(C(C)(C)C)nn6c5c4)c3)cc2)nc1. The van der Waals surface area contributed by atoms with E-state index in [2.05, 4.69) is 205 Å². The van der Waals surface area contributed by atoms with E-state index in [9.17, 15) is 0 Å². The molecule has 0 aliphatic heterocycles. The summed E-state index contributed by atoms with van der Waals surface area (Å²) in [5, 5.41) is 7.46. The van der Waals surface area contributed by atoms with Crippen LogP contribution < -0.4 is 0 Å². The molecule has 0 aliphatic rings. The first-order valence-electron chi connectivity index (χ1n) is 28.9. The van der Waals surface area contributed by atoms with Crippen LogP contribution in [0.1, 0.15) is 45.8 Å². The van der Waals surface area contributed by atoms with Gasteiger partial charge in [-0.05, 0) is 157 Å². The first-order chi connectivity index (χ1) is 40.0. The largest absolute Gasteiger partial charge is 0.256 e. The lowest BCUT2D eigenvalue weighted by Crippen LogP contribution is -2.11. The minimum Gasteiger partial charge on any atom is -0.256 e. The van der Waals surface area contributed by atoms with Gasteiger partial charge in [-0.2, -0.15) is 5.10 Å². The highest BCUT2D eigenvalue weighted by molar-refractivity contribution is 6.16. The number of nitrogens with zero attached hydrogens (tertiary/aromatic N) is 5. The second kappa shape index (κ2) is 19.3. The second-order valence-electron chi connectivity index (χ2n) is 20.7. The van der Waals surface area contributed by atoms with Crippen molar-refractivity contribution in [2.75, 3.05) is 0 Å². The number of aryl methyl sites for hydroxylation is 2. The molecular weight excluding hydrogens is 935 g/mol. The predicted molar refractivity (Wildman–Crippen MR) is 321 cm³/mol. The monoisotopic (exact) mass is 995 g/mol. The smallest absolute Gasteiger partial charge is 0.0823 e. The lowest BCUT2D eigenvalue weighted by atomic mass is 9.86. The van der Waals surface area contributed by atoms with Crippen LogP contribution in [0.25, 0.3) is 128 Å². The number of fused-ring (bicyclic) bond motifs is 6. The van der Waals surface area contributed by atoms with Crippen molar-refractivity contribution in [1.29, 1.82) is 0 Å². The molecule has 0 spiro atoms. The molecular formula is C72H55N5. The molecule has 0 saturated carbocycles. The molecule has 0 radical (unpaired) electrons. The van der Waals surface area contributed by atoms with Gasteiger partial charge in [0.1, 0.15) is 0 Å². The summed E-state index contributed by atoms with van der Waals surface area (Å²) in [7, 11) is 0. The molecule has 368 valence electrons. The van der Waals surface area contributed by atoms with Crippen molar-refractivity contribution in [3.63, 3.8) is 0 Å². The summed E-state index contributed by atoms with van der Waals surface area (Å²) in [6.45, 7) is 2.16. The number of pyridine rings is 4. The predicted octanol–water partition coefficient (Wildman–Crippen LogP) is 18.7. The molecule has 0 atom stereocenters. The van der Waals surface area contributed by atoms with E-state index in [1.807, 2.05) is 36.5 Å². The molecule has 5 nitrogen and oxygen atoms in total. The second-order valence-corrected chi connectivity index (χ2v) is 20.7. The fourth-order valence-corrected chi connectivity index (χ4v) is 10.8. The van der Waals surface area contributed by atoms with E-state index in [1.165, 1.54) is 12.4 Å². The van der Waals surface area contributed by atoms with E-state index in [1.54, 1.807) is 24.3 Å². The molecule has 0 N–H and O–H groups in total. The molecule has 0 fully saturated rings. The summed E-state index contributed by atoms with van der Waals surface area (Å²) < 4.78 is 49.1. The van der Waals surface area contributed by atoms with Gasteiger partial charge in [-0.25, -0.2) is 4.52 Å². The minimum atomic E-state index is -2.23. The van der Waals surface area contributed by atoms with Crippen LogP contribution in [0, 0.1) is 13.7 Å². The first-order valence-corrected chi connectivity index (χ1v) is 25.9. The number of hydrogen-bond donors (Lipinski definition) is 0. The van der Waals surface area contributed by atoms with Gasteiger partial charge in [-0.1, -0.05) is 191 Å². The summed E-state index contributed by atoms with van der Waals surface area (Å²) in [5.41, 5.74) is 22.0. The van der Waals surface area contributed by atoms with E-state index in [-0.39, 0.29) is 16.5 Å². The number of hydrogen-bond acceptors (Lipinski definition) is 4. The van der Waals surface area contributed by atoms with Gasteiger partial charge in [0.15, 0.2) is 0 Å². The standard InChI is InChI=1S/C72H55N5/c1-46-23-35-65(74-44-46)51-29-25-49(26-30-51)57-17-9-12-20-60(57)54-39-55(61-21-13-10-18-58(61)50-27-31-52(32-28-50)66-36-24-47(2)45-75-66)41-56(40-54)62-22-14-11-19-59(62)53-33-34-64-67(42-53)77-68(43-69(76-77)72(3,4)5)70-63(37-38-73-71(64)70)48-15-7-6-8-16-48/h6-45H,1-5H3/i1D3,2D3. The zero-order chi connectivity index (χ0) is 57.2. The minimum absolute atomic E-state index is 0.207. The topological polar surface area (TPSA) is 56.0 Å². The Kier molecular flexibility index (Phi) is 10.2. The third-order valence-electron chi connectivity index (χ3n) is 14.7. The normalized spacial score (nSPS) is 13.2. The average Bonchev–Trinajstić information content (AvgIpc) is 2.18. The van der Waals surface area contributed by atoms with Gasteiger partial charge in [-0.15, -0.1) is 0 Å². The fourth-order valence-electron chi connectivity index (χ4n) is 10.8. The van der Waals surface area contributed by atoms with Crippen LogP contribution in [0.15, 0.2) is 243 Å². The van der Waals surface area contributed by atoms with Crippen molar-refractivity contribution in [3.05, 3.63) is 260 Å². The number of benzene rings is 8. The van der Waals surface area contributed by atoms with E-state index < -0.39 is 13.7 Å². The molecule has 0 unspecified atom stereocenters. The van der Waals surface area contributed by atoms with Crippen LogP contribution >= 0.6 is 0 Å². The Morgan fingerprint density at radius 3 is 1.27 bits per heavy atom. The van der Waals surface area contributed by atoms with Crippen molar-refractivity contribution in [2.24, 2.45) is 0 Å². The Balaban J connectivity index is 0.969. The number of rotatable bonds is 9. The molecule has 5 aromatic heterocycles. The van der Waals surface area contributed by atoms with E-state index in [4.69, 9.17) is 18.3 Å². The lowest BCUT2D eigenvalue weighted by molar-refractivity contribution is 0.564. The van der Waals surface area contributed by atoms with Crippen molar-refractivity contribution in [3.8, 4) is 100 Å². The summed E-state index contributed by atoms with van der Waals surface area (Å²) in [4.78, 5) is 14.1. The quantitative estimate of drug-likeness (QED) is 0.135. The highest BCUT2D eigenvalue weighted by atomic mass is 15.2. The Labute approximate surface area is 458 Å². The van der Waals surface area contributed by atoms with Gasteiger partial charge in [0.05, 0.1) is 33.6 Å². The van der Waals surface area contributed by atoms with Gasteiger partial charge >= 0.3 is 0 Å². The van der Waals surface area contributed by atoms with Crippen LogP contribution in [0.4, 0.5) is 0 Å². The van der Waals surface area contributed by atoms with Gasteiger partial charge in [0, 0.05) is 54.1 Å². The summed E-state index contributed by atoms with van der Waals surface area (Å²) >= 11 is 0. The zero-order valence-electron chi connectivity index (χ0n) is 48.8. The summed E-state index contributed by atoms with van der Waals surface area (Å²) in [6.07, 6.45) is 4.79. The van der Waals surface area contributed by atoms with Gasteiger partial charge in [-0.3, -0.25) is 15.0 Å². The summed E-state index contributed by atoms with van der Waals surface area (Å²) in [5.74, 6) is 0. The van der Waals surface area contributed by atoms with Crippen LogP contribution in [0.5, 0.6) is 0 Å².